The number of carbonyl (C=O) groups excluding carboxylic acids is 1. The van der Waals surface area contributed by atoms with E-state index in [1.54, 1.807) is 0 Å². The summed E-state index contributed by atoms with van der Waals surface area (Å²) in [6.07, 6.45) is 0. The van der Waals surface area contributed by atoms with E-state index in [1.807, 2.05) is 65.3 Å². The number of para-hydroxylation sites is 3. The van der Waals surface area contributed by atoms with E-state index in [0.29, 0.717) is 16.6 Å². The van der Waals surface area contributed by atoms with Crippen LogP contribution in [0.4, 0.5) is 0 Å². The summed E-state index contributed by atoms with van der Waals surface area (Å²) in [5.41, 5.74) is 11.0. The molecular weight excluding hydrogens is 532 g/mol. The van der Waals surface area contributed by atoms with Crippen molar-refractivity contribution in [2.75, 3.05) is 5.43 Å². The van der Waals surface area contributed by atoms with Gasteiger partial charge in [-0.05, 0) is 35.4 Å². The maximum Gasteiger partial charge on any atom is 0.307 e. The van der Waals surface area contributed by atoms with Gasteiger partial charge in [-0.3, -0.25) is 4.79 Å². The summed E-state index contributed by atoms with van der Waals surface area (Å²) in [5, 5.41) is 0. The minimum atomic E-state index is -4.94. The van der Waals surface area contributed by atoms with Crippen LogP contribution < -0.4 is 28.7 Å². The molecular formula is C30H29ClN4O5. The van der Waals surface area contributed by atoms with Crippen LogP contribution in [-0.4, -0.2) is 15.9 Å². The van der Waals surface area contributed by atoms with Gasteiger partial charge in [0.2, 0.25) is 11.4 Å². The Bertz CT molecular complexity index is 1620. The van der Waals surface area contributed by atoms with Gasteiger partial charge in [0.1, 0.15) is 5.52 Å². The number of hydrogen-bond acceptors (Lipinski definition) is 7. The van der Waals surface area contributed by atoms with Crippen molar-refractivity contribution in [2.24, 2.45) is 0 Å². The maximum atomic E-state index is 13.7. The number of nitrogens with one attached hydrogen (secondary N) is 1. The highest BCUT2D eigenvalue weighted by atomic mass is 35.7. The Morgan fingerprint density at radius 3 is 1.75 bits per heavy atom. The summed E-state index contributed by atoms with van der Waals surface area (Å²) in [5.74, 6) is 0.196. The van der Waals surface area contributed by atoms with Gasteiger partial charge in [-0.25, -0.2) is 28.6 Å². The average Bonchev–Trinajstić information content (AvgIpc) is 2.90. The van der Waals surface area contributed by atoms with Crippen LogP contribution in [0, 0.1) is 10.2 Å². The molecule has 0 saturated heterocycles. The van der Waals surface area contributed by atoms with Crippen molar-refractivity contribution in [3.8, 4) is 11.1 Å². The molecule has 5 aromatic rings. The predicted octanol–water partition coefficient (Wildman–Crippen LogP) is 1.61. The normalized spacial score (nSPS) is 11.6. The van der Waals surface area contributed by atoms with E-state index in [2.05, 4.69) is 57.4 Å². The van der Waals surface area contributed by atoms with Crippen molar-refractivity contribution in [1.29, 1.82) is 0 Å². The number of fused-ring (bicyclic) bond motifs is 2. The van der Waals surface area contributed by atoms with Crippen LogP contribution in [0.5, 0.6) is 0 Å². The van der Waals surface area contributed by atoms with Crippen molar-refractivity contribution < 1.29 is 38.3 Å². The van der Waals surface area contributed by atoms with E-state index in [9.17, 15) is 4.79 Å². The lowest BCUT2D eigenvalue weighted by Gasteiger charge is -2.17. The first-order valence-electron chi connectivity index (χ1n) is 12.7. The Labute approximate surface area is 234 Å². The van der Waals surface area contributed by atoms with E-state index in [4.69, 9.17) is 28.6 Å². The van der Waals surface area contributed by atoms with Gasteiger partial charge in [-0.2, -0.15) is 0 Å². The van der Waals surface area contributed by atoms with Crippen molar-refractivity contribution >= 4 is 28.0 Å². The molecule has 0 radical (unpaired) electrons. The van der Waals surface area contributed by atoms with Crippen LogP contribution in [0.15, 0.2) is 84.9 Å². The highest BCUT2D eigenvalue weighted by Gasteiger charge is 2.27. The number of aromatic nitrogens is 3. The molecule has 2 aromatic heterocycles. The summed E-state index contributed by atoms with van der Waals surface area (Å²) in [4.78, 5) is 23.2. The van der Waals surface area contributed by atoms with Gasteiger partial charge >= 0.3 is 5.91 Å². The summed E-state index contributed by atoms with van der Waals surface area (Å²) < 4.78 is 35.9. The number of rotatable bonds is 5. The third kappa shape index (κ3) is 6.95. The number of carbonyl (C=O) groups is 1. The number of amides is 1. The fourth-order valence-electron chi connectivity index (χ4n) is 4.40. The lowest BCUT2D eigenvalue weighted by molar-refractivity contribution is -2.00. The molecule has 0 atom stereocenters. The third-order valence-corrected chi connectivity index (χ3v) is 6.24. The summed E-state index contributed by atoms with van der Waals surface area (Å²) in [6.45, 7) is 8.58. The van der Waals surface area contributed by atoms with Crippen molar-refractivity contribution in [2.45, 2.75) is 39.5 Å². The zero-order chi connectivity index (χ0) is 29.0. The van der Waals surface area contributed by atoms with Gasteiger partial charge in [0.05, 0.1) is 22.1 Å². The SMILES string of the molecule is CC(C)c1cc(-c2ccccc2)cc(C(C)C)[n+]1NC(=O)c1cccc2nc3ccccc3nc12.[O-][Cl+3]([O-])([O-])[O-]. The third-order valence-electron chi connectivity index (χ3n) is 6.24. The van der Waals surface area contributed by atoms with Crippen LogP contribution in [0.2, 0.25) is 0 Å². The standard InChI is InChI=1S/C30H28N4O.ClHO4/c1-19(2)27-17-22(21-11-6-5-7-12-21)18-28(20(3)4)34(27)33-30(35)23-13-10-16-26-29(23)32-25-15-9-8-14-24(25)31-26;2-1(3,4)5/h5-20H,1-4H3;(H,2,3,4,5). The van der Waals surface area contributed by atoms with Crippen LogP contribution in [0.3, 0.4) is 0 Å². The lowest BCUT2D eigenvalue weighted by Crippen LogP contribution is -2.68. The molecule has 0 aliphatic heterocycles. The molecule has 40 heavy (non-hydrogen) atoms. The van der Waals surface area contributed by atoms with E-state index in [0.717, 1.165) is 33.5 Å². The van der Waals surface area contributed by atoms with E-state index >= 15 is 0 Å². The molecule has 1 N–H and O–H groups in total. The lowest BCUT2D eigenvalue weighted by atomic mass is 9.98. The quantitative estimate of drug-likeness (QED) is 0.253. The minimum Gasteiger partial charge on any atom is -0.263 e. The molecule has 9 nitrogen and oxygen atoms in total. The van der Waals surface area contributed by atoms with E-state index in [-0.39, 0.29) is 17.7 Å². The number of halogens is 1. The molecule has 1 amide bonds. The number of pyridine rings is 1. The molecule has 5 rings (SSSR count). The van der Waals surface area contributed by atoms with Crippen LogP contribution >= 0.6 is 0 Å². The first kappa shape index (κ1) is 29.0. The molecule has 0 unspecified atom stereocenters. The predicted molar refractivity (Wildman–Crippen MR) is 141 cm³/mol. The molecule has 3 aromatic carbocycles. The minimum absolute atomic E-state index is 0.202. The zero-order valence-electron chi connectivity index (χ0n) is 22.5. The Morgan fingerprint density at radius 2 is 1.20 bits per heavy atom. The first-order valence-corrected chi connectivity index (χ1v) is 13.9. The van der Waals surface area contributed by atoms with Gasteiger partial charge in [0, 0.05) is 24.0 Å². The molecule has 0 saturated carbocycles. The molecule has 0 aliphatic carbocycles. The highest BCUT2D eigenvalue weighted by molar-refractivity contribution is 6.08. The largest absolute Gasteiger partial charge is 0.307 e. The molecule has 0 aliphatic rings. The molecule has 0 bridgehead atoms. The molecule has 0 fully saturated rings. The van der Waals surface area contributed by atoms with Crippen molar-refractivity contribution in [3.63, 3.8) is 0 Å². The Morgan fingerprint density at radius 1 is 0.700 bits per heavy atom. The monoisotopic (exact) mass is 560 g/mol. The van der Waals surface area contributed by atoms with Gasteiger partial charge in [-0.15, -0.1) is 15.7 Å². The molecule has 0 spiro atoms. The van der Waals surface area contributed by atoms with Crippen molar-refractivity contribution in [1.82, 2.24) is 9.97 Å². The van der Waals surface area contributed by atoms with Crippen LogP contribution in [0.25, 0.3) is 33.2 Å². The summed E-state index contributed by atoms with van der Waals surface area (Å²) >= 11 is 0. The fraction of sp³-hybridized carbons (Fsp3) is 0.200. The summed E-state index contributed by atoms with van der Waals surface area (Å²) in [6, 6.07) is 28.0. The second kappa shape index (κ2) is 12.0. The second-order valence-electron chi connectivity index (χ2n) is 9.81. The molecule has 2 heterocycles. The second-order valence-corrected chi connectivity index (χ2v) is 10.6. The highest BCUT2D eigenvalue weighted by Crippen LogP contribution is 2.26. The van der Waals surface area contributed by atoms with Gasteiger partial charge < -0.3 is 0 Å². The van der Waals surface area contributed by atoms with E-state index < -0.39 is 10.2 Å². The molecule has 10 heteroatoms. The van der Waals surface area contributed by atoms with Crippen molar-refractivity contribution in [3.05, 3.63) is 102 Å². The Balaban J connectivity index is 0.000000681. The van der Waals surface area contributed by atoms with Gasteiger partial charge in [-0.1, -0.05) is 80.9 Å². The first-order chi connectivity index (χ1) is 18.9. The Kier molecular flexibility index (Phi) is 8.73. The van der Waals surface area contributed by atoms with Crippen LogP contribution in [0.1, 0.15) is 61.3 Å². The van der Waals surface area contributed by atoms with Gasteiger partial charge in [0.25, 0.3) is 0 Å². The summed E-state index contributed by atoms with van der Waals surface area (Å²) in [7, 11) is -4.94. The average molecular weight is 561 g/mol. The molecule has 206 valence electrons. The van der Waals surface area contributed by atoms with E-state index in [1.165, 1.54) is 0 Å². The number of benzene rings is 3. The topological polar surface area (TPSA) is 151 Å². The maximum absolute atomic E-state index is 13.7. The number of hydrogen-bond donors (Lipinski definition) is 1. The Hall–Kier alpha value is -3.99. The number of nitrogens with zero attached hydrogens (tertiary/aromatic N) is 3. The van der Waals surface area contributed by atoms with Crippen LogP contribution in [-0.2, 0) is 0 Å². The fourth-order valence-corrected chi connectivity index (χ4v) is 4.40. The van der Waals surface area contributed by atoms with Gasteiger partial charge in [0.15, 0.2) is 0 Å². The zero-order valence-corrected chi connectivity index (χ0v) is 23.3. The smallest absolute Gasteiger partial charge is 0.263 e.